The number of aliphatic carboxylic acids is 1. The molecule has 0 amide bonds. The summed E-state index contributed by atoms with van der Waals surface area (Å²) in [6.07, 6.45) is 1.48. The van der Waals surface area contributed by atoms with E-state index in [0.29, 0.717) is 6.42 Å². The molecule has 0 aliphatic carbocycles. The van der Waals surface area contributed by atoms with Gasteiger partial charge in [-0.05, 0) is 24.0 Å². The molecule has 0 heterocycles. The second kappa shape index (κ2) is 5.15. The molecule has 0 bridgehead atoms. The SMILES string of the molecule is CCc1ccccc1CC(Br)C(=O)O. The summed E-state index contributed by atoms with van der Waals surface area (Å²) in [5.74, 6) is -0.809. The van der Waals surface area contributed by atoms with Gasteiger partial charge in [0.15, 0.2) is 0 Å². The van der Waals surface area contributed by atoms with Gasteiger partial charge < -0.3 is 5.11 Å². The van der Waals surface area contributed by atoms with E-state index in [1.807, 2.05) is 24.3 Å². The lowest BCUT2D eigenvalue weighted by Gasteiger charge is -2.09. The highest BCUT2D eigenvalue weighted by Crippen LogP contribution is 2.15. The first-order valence-corrected chi connectivity index (χ1v) is 5.50. The molecule has 0 fully saturated rings. The van der Waals surface area contributed by atoms with Gasteiger partial charge in [-0.2, -0.15) is 0 Å². The normalized spacial score (nSPS) is 12.4. The highest BCUT2D eigenvalue weighted by molar-refractivity contribution is 9.10. The summed E-state index contributed by atoms with van der Waals surface area (Å²) >= 11 is 3.14. The smallest absolute Gasteiger partial charge is 0.317 e. The van der Waals surface area contributed by atoms with Gasteiger partial charge in [0.25, 0.3) is 0 Å². The van der Waals surface area contributed by atoms with Crippen molar-refractivity contribution in [3.63, 3.8) is 0 Å². The van der Waals surface area contributed by atoms with E-state index in [2.05, 4.69) is 22.9 Å². The van der Waals surface area contributed by atoms with E-state index in [1.54, 1.807) is 0 Å². The molecule has 0 spiro atoms. The monoisotopic (exact) mass is 256 g/mol. The molecule has 0 saturated carbocycles. The van der Waals surface area contributed by atoms with Crippen molar-refractivity contribution in [1.29, 1.82) is 0 Å². The van der Waals surface area contributed by atoms with Crippen molar-refractivity contribution in [1.82, 2.24) is 0 Å². The van der Waals surface area contributed by atoms with Crippen LogP contribution in [0.5, 0.6) is 0 Å². The number of benzene rings is 1. The lowest BCUT2D eigenvalue weighted by molar-refractivity contribution is -0.136. The van der Waals surface area contributed by atoms with Crippen LogP contribution >= 0.6 is 15.9 Å². The molecular weight excluding hydrogens is 244 g/mol. The van der Waals surface area contributed by atoms with Gasteiger partial charge in [-0.1, -0.05) is 47.1 Å². The summed E-state index contributed by atoms with van der Waals surface area (Å²) in [6.45, 7) is 2.07. The largest absolute Gasteiger partial charge is 0.480 e. The molecule has 0 aliphatic heterocycles. The van der Waals surface area contributed by atoms with E-state index in [0.717, 1.165) is 12.0 Å². The van der Waals surface area contributed by atoms with Gasteiger partial charge in [0, 0.05) is 0 Å². The maximum Gasteiger partial charge on any atom is 0.317 e. The molecule has 14 heavy (non-hydrogen) atoms. The minimum atomic E-state index is -0.809. The van der Waals surface area contributed by atoms with Crippen molar-refractivity contribution in [2.75, 3.05) is 0 Å². The van der Waals surface area contributed by atoms with Crippen molar-refractivity contribution in [3.8, 4) is 0 Å². The number of rotatable bonds is 4. The molecule has 2 nitrogen and oxygen atoms in total. The van der Waals surface area contributed by atoms with Crippen molar-refractivity contribution in [2.24, 2.45) is 0 Å². The molecule has 3 heteroatoms. The Morgan fingerprint density at radius 2 is 2.00 bits per heavy atom. The molecule has 1 aromatic rings. The second-order valence-electron chi connectivity index (χ2n) is 3.13. The Morgan fingerprint density at radius 1 is 1.43 bits per heavy atom. The lowest BCUT2D eigenvalue weighted by Crippen LogP contribution is -2.16. The first-order chi connectivity index (χ1) is 6.65. The van der Waals surface area contributed by atoms with E-state index in [-0.39, 0.29) is 0 Å². The summed E-state index contributed by atoms with van der Waals surface area (Å²) in [7, 11) is 0. The molecule has 1 unspecified atom stereocenters. The summed E-state index contributed by atoms with van der Waals surface area (Å²) in [5, 5.41) is 8.76. The number of hydrogen-bond donors (Lipinski definition) is 1. The van der Waals surface area contributed by atoms with Gasteiger partial charge in [0.05, 0.1) is 0 Å². The predicted molar refractivity (Wildman–Crippen MR) is 59.9 cm³/mol. The predicted octanol–water partition coefficient (Wildman–Crippen LogP) is 2.64. The van der Waals surface area contributed by atoms with Crippen LogP contribution < -0.4 is 0 Å². The molecule has 1 rings (SSSR count). The summed E-state index contributed by atoms with van der Waals surface area (Å²) in [4.78, 5) is 10.2. The zero-order valence-corrected chi connectivity index (χ0v) is 9.62. The third-order valence-corrected chi connectivity index (χ3v) is 2.88. The van der Waals surface area contributed by atoms with Crippen LogP contribution in [0.2, 0.25) is 0 Å². The Hall–Kier alpha value is -0.830. The molecule has 76 valence electrons. The van der Waals surface area contributed by atoms with Gasteiger partial charge in [-0.25, -0.2) is 0 Å². The average molecular weight is 257 g/mol. The standard InChI is InChI=1S/C11H13BrO2/c1-2-8-5-3-4-6-9(8)7-10(12)11(13)14/h3-6,10H,2,7H2,1H3,(H,13,14). The summed E-state index contributed by atoms with van der Waals surface area (Å²) in [5.41, 5.74) is 2.33. The fourth-order valence-corrected chi connectivity index (χ4v) is 1.73. The second-order valence-corrected chi connectivity index (χ2v) is 4.24. The highest BCUT2D eigenvalue weighted by atomic mass is 79.9. The fraction of sp³-hybridized carbons (Fsp3) is 0.364. The van der Waals surface area contributed by atoms with Crippen LogP contribution in [0, 0.1) is 0 Å². The first kappa shape index (κ1) is 11.2. The number of carboxylic acid groups (broad SMARTS) is 1. The van der Waals surface area contributed by atoms with Crippen LogP contribution in [-0.2, 0) is 17.6 Å². The molecule has 1 aromatic carbocycles. The molecule has 0 radical (unpaired) electrons. The minimum absolute atomic E-state index is 0.491. The highest BCUT2D eigenvalue weighted by Gasteiger charge is 2.14. The first-order valence-electron chi connectivity index (χ1n) is 4.58. The Bertz CT molecular complexity index is 323. The summed E-state index contributed by atoms with van der Waals surface area (Å²) in [6, 6.07) is 7.94. The van der Waals surface area contributed by atoms with Crippen LogP contribution in [0.1, 0.15) is 18.1 Å². The number of halogens is 1. The van der Waals surface area contributed by atoms with E-state index in [9.17, 15) is 4.79 Å². The zero-order valence-electron chi connectivity index (χ0n) is 8.03. The van der Waals surface area contributed by atoms with Crippen LogP contribution in [0.15, 0.2) is 24.3 Å². The molecule has 1 atom stereocenters. The zero-order chi connectivity index (χ0) is 10.6. The topological polar surface area (TPSA) is 37.3 Å². The van der Waals surface area contributed by atoms with Crippen LogP contribution in [0.25, 0.3) is 0 Å². The van der Waals surface area contributed by atoms with E-state index >= 15 is 0 Å². The van der Waals surface area contributed by atoms with E-state index in [4.69, 9.17) is 5.11 Å². The van der Waals surface area contributed by atoms with Gasteiger partial charge in [0.1, 0.15) is 4.83 Å². The third kappa shape index (κ3) is 2.84. The molecule has 0 aromatic heterocycles. The molecule has 1 N–H and O–H groups in total. The molecule has 0 saturated heterocycles. The van der Waals surface area contributed by atoms with Gasteiger partial charge in [-0.3, -0.25) is 4.79 Å². The number of alkyl halides is 1. The van der Waals surface area contributed by atoms with E-state index in [1.165, 1.54) is 5.56 Å². The minimum Gasteiger partial charge on any atom is -0.480 e. The van der Waals surface area contributed by atoms with Crippen molar-refractivity contribution >= 4 is 21.9 Å². The lowest BCUT2D eigenvalue weighted by atomic mass is 10.0. The Kier molecular flexibility index (Phi) is 4.14. The van der Waals surface area contributed by atoms with Crippen molar-refractivity contribution in [2.45, 2.75) is 24.6 Å². The van der Waals surface area contributed by atoms with Crippen molar-refractivity contribution in [3.05, 3.63) is 35.4 Å². The third-order valence-electron chi connectivity index (χ3n) is 2.17. The van der Waals surface area contributed by atoms with Gasteiger partial charge >= 0.3 is 5.97 Å². The maximum absolute atomic E-state index is 10.7. The van der Waals surface area contributed by atoms with Crippen LogP contribution in [0.3, 0.4) is 0 Å². The number of carboxylic acids is 1. The quantitative estimate of drug-likeness (QED) is 0.842. The summed E-state index contributed by atoms with van der Waals surface area (Å²) < 4.78 is 0. The Morgan fingerprint density at radius 3 is 2.50 bits per heavy atom. The fourth-order valence-electron chi connectivity index (χ4n) is 1.38. The number of hydrogen-bond acceptors (Lipinski definition) is 1. The Balaban J connectivity index is 2.80. The maximum atomic E-state index is 10.7. The van der Waals surface area contributed by atoms with Crippen LogP contribution in [0.4, 0.5) is 0 Å². The van der Waals surface area contributed by atoms with Crippen LogP contribution in [-0.4, -0.2) is 15.9 Å². The Labute approximate surface area is 92.1 Å². The molecule has 0 aliphatic rings. The van der Waals surface area contributed by atoms with Gasteiger partial charge in [-0.15, -0.1) is 0 Å². The number of aryl methyl sites for hydroxylation is 1. The van der Waals surface area contributed by atoms with E-state index < -0.39 is 10.8 Å². The van der Waals surface area contributed by atoms with Crippen molar-refractivity contribution < 1.29 is 9.90 Å². The molecular formula is C11H13BrO2. The number of carbonyl (C=O) groups is 1. The van der Waals surface area contributed by atoms with Gasteiger partial charge in [0.2, 0.25) is 0 Å². The average Bonchev–Trinajstić information content (AvgIpc) is 2.18.